The molecule has 1 aromatic carbocycles. The van der Waals surface area contributed by atoms with E-state index < -0.39 is 0 Å². The molecule has 0 radical (unpaired) electrons. The standard InChI is InChI=1S/C18H28N2/c1-2-20-13-7-6-10-17(20)18-16(11-12-19-18)14-15-8-4-3-5-9-15/h3-5,8-9,16-19H,2,6-7,10-14H2,1H3. The highest BCUT2D eigenvalue weighted by Crippen LogP contribution is 2.29. The molecule has 0 aromatic heterocycles. The van der Waals surface area contributed by atoms with E-state index in [-0.39, 0.29) is 0 Å². The van der Waals surface area contributed by atoms with E-state index in [9.17, 15) is 0 Å². The number of rotatable bonds is 4. The van der Waals surface area contributed by atoms with E-state index in [0.717, 1.165) is 12.0 Å². The van der Waals surface area contributed by atoms with Crippen molar-refractivity contribution >= 4 is 0 Å². The van der Waals surface area contributed by atoms with Crippen molar-refractivity contribution in [2.75, 3.05) is 19.6 Å². The van der Waals surface area contributed by atoms with E-state index in [1.807, 2.05) is 0 Å². The topological polar surface area (TPSA) is 15.3 Å². The van der Waals surface area contributed by atoms with Gasteiger partial charge in [-0.25, -0.2) is 0 Å². The molecule has 2 saturated heterocycles. The number of hydrogen-bond acceptors (Lipinski definition) is 2. The monoisotopic (exact) mass is 272 g/mol. The lowest BCUT2D eigenvalue weighted by atomic mass is 9.84. The zero-order valence-corrected chi connectivity index (χ0v) is 12.7. The van der Waals surface area contributed by atoms with Gasteiger partial charge in [0.1, 0.15) is 0 Å². The van der Waals surface area contributed by atoms with Gasteiger partial charge in [-0.15, -0.1) is 0 Å². The summed E-state index contributed by atoms with van der Waals surface area (Å²) in [5, 5.41) is 3.82. The van der Waals surface area contributed by atoms with Crippen LogP contribution in [-0.2, 0) is 6.42 Å². The molecule has 0 spiro atoms. The summed E-state index contributed by atoms with van der Waals surface area (Å²) in [7, 11) is 0. The third kappa shape index (κ3) is 3.07. The van der Waals surface area contributed by atoms with Crippen LogP contribution in [0.4, 0.5) is 0 Å². The van der Waals surface area contributed by atoms with Crippen LogP contribution in [-0.4, -0.2) is 36.6 Å². The van der Waals surface area contributed by atoms with E-state index in [2.05, 4.69) is 47.5 Å². The van der Waals surface area contributed by atoms with Gasteiger partial charge >= 0.3 is 0 Å². The van der Waals surface area contributed by atoms with E-state index >= 15 is 0 Å². The molecule has 1 aromatic rings. The second-order valence-electron chi connectivity index (χ2n) is 6.41. The van der Waals surface area contributed by atoms with Gasteiger partial charge in [-0.05, 0) is 56.8 Å². The first-order chi connectivity index (χ1) is 9.88. The van der Waals surface area contributed by atoms with Crippen molar-refractivity contribution in [3.05, 3.63) is 35.9 Å². The molecule has 2 heterocycles. The number of benzene rings is 1. The third-order valence-corrected chi connectivity index (χ3v) is 5.23. The van der Waals surface area contributed by atoms with Gasteiger partial charge in [-0.3, -0.25) is 4.90 Å². The van der Waals surface area contributed by atoms with Crippen LogP contribution in [0.1, 0.15) is 38.2 Å². The zero-order valence-electron chi connectivity index (χ0n) is 12.7. The molecular formula is C18H28N2. The summed E-state index contributed by atoms with van der Waals surface area (Å²) in [6.45, 7) is 6.04. The van der Waals surface area contributed by atoms with Gasteiger partial charge < -0.3 is 5.32 Å². The predicted molar refractivity (Wildman–Crippen MR) is 84.9 cm³/mol. The Bertz CT molecular complexity index is 403. The van der Waals surface area contributed by atoms with Gasteiger partial charge in [0.05, 0.1) is 0 Å². The van der Waals surface area contributed by atoms with Gasteiger partial charge in [0.2, 0.25) is 0 Å². The van der Waals surface area contributed by atoms with Crippen molar-refractivity contribution in [3.63, 3.8) is 0 Å². The van der Waals surface area contributed by atoms with Crippen molar-refractivity contribution in [3.8, 4) is 0 Å². The minimum absolute atomic E-state index is 0.704. The summed E-state index contributed by atoms with van der Waals surface area (Å²) in [5.74, 6) is 0.814. The van der Waals surface area contributed by atoms with Gasteiger partial charge in [0.25, 0.3) is 0 Å². The first kappa shape index (κ1) is 14.1. The van der Waals surface area contributed by atoms with Gasteiger partial charge in [0, 0.05) is 12.1 Å². The summed E-state index contributed by atoms with van der Waals surface area (Å²) < 4.78 is 0. The minimum Gasteiger partial charge on any atom is -0.312 e. The molecule has 2 aliphatic rings. The van der Waals surface area contributed by atoms with Crippen molar-refractivity contribution in [1.29, 1.82) is 0 Å². The van der Waals surface area contributed by atoms with Gasteiger partial charge in [-0.2, -0.15) is 0 Å². The smallest absolute Gasteiger partial charge is 0.0255 e. The zero-order chi connectivity index (χ0) is 13.8. The quantitative estimate of drug-likeness (QED) is 0.906. The maximum Gasteiger partial charge on any atom is 0.0255 e. The van der Waals surface area contributed by atoms with Crippen molar-refractivity contribution in [1.82, 2.24) is 10.2 Å². The Morgan fingerprint density at radius 1 is 1.15 bits per heavy atom. The van der Waals surface area contributed by atoms with Crippen molar-refractivity contribution in [2.45, 2.75) is 51.1 Å². The number of likely N-dealkylation sites (tertiary alicyclic amines) is 1. The molecule has 3 rings (SSSR count). The number of hydrogen-bond donors (Lipinski definition) is 1. The average molecular weight is 272 g/mol. The van der Waals surface area contributed by atoms with E-state index in [1.54, 1.807) is 0 Å². The van der Waals surface area contributed by atoms with Crippen molar-refractivity contribution < 1.29 is 0 Å². The molecule has 1 N–H and O–H groups in total. The highest BCUT2D eigenvalue weighted by atomic mass is 15.2. The molecule has 20 heavy (non-hydrogen) atoms. The van der Waals surface area contributed by atoms with Crippen LogP contribution < -0.4 is 5.32 Å². The lowest BCUT2D eigenvalue weighted by molar-refractivity contribution is 0.111. The number of likely N-dealkylation sites (N-methyl/N-ethyl adjacent to an activating group) is 1. The third-order valence-electron chi connectivity index (χ3n) is 5.23. The van der Waals surface area contributed by atoms with Gasteiger partial charge in [-0.1, -0.05) is 43.7 Å². The fourth-order valence-corrected chi connectivity index (χ4v) is 4.19. The predicted octanol–water partition coefficient (Wildman–Crippen LogP) is 3.08. The molecule has 2 fully saturated rings. The summed E-state index contributed by atoms with van der Waals surface area (Å²) in [6.07, 6.45) is 6.77. The Hall–Kier alpha value is -0.860. The second-order valence-corrected chi connectivity index (χ2v) is 6.41. The van der Waals surface area contributed by atoms with Crippen LogP contribution in [0.3, 0.4) is 0 Å². The summed E-state index contributed by atoms with van der Waals surface area (Å²) in [4.78, 5) is 2.71. The molecule has 0 bridgehead atoms. The fourth-order valence-electron chi connectivity index (χ4n) is 4.19. The average Bonchev–Trinajstić information content (AvgIpc) is 2.96. The molecule has 3 unspecified atom stereocenters. The van der Waals surface area contributed by atoms with E-state index in [4.69, 9.17) is 0 Å². The van der Waals surface area contributed by atoms with Crippen LogP contribution in [0.2, 0.25) is 0 Å². The lowest BCUT2D eigenvalue weighted by Gasteiger charge is -2.40. The Morgan fingerprint density at radius 3 is 2.80 bits per heavy atom. The maximum atomic E-state index is 3.82. The minimum atomic E-state index is 0.704. The lowest BCUT2D eigenvalue weighted by Crippen LogP contribution is -2.52. The van der Waals surface area contributed by atoms with Crippen LogP contribution >= 0.6 is 0 Å². The summed E-state index contributed by atoms with van der Waals surface area (Å²) >= 11 is 0. The van der Waals surface area contributed by atoms with Crippen LogP contribution in [0.25, 0.3) is 0 Å². The molecule has 0 aliphatic carbocycles. The number of nitrogens with zero attached hydrogens (tertiary/aromatic N) is 1. The Morgan fingerprint density at radius 2 is 2.00 bits per heavy atom. The second kappa shape index (κ2) is 6.73. The molecule has 0 amide bonds. The number of piperidine rings is 1. The molecule has 110 valence electrons. The fraction of sp³-hybridized carbons (Fsp3) is 0.667. The number of nitrogens with one attached hydrogen (secondary N) is 1. The Kier molecular flexibility index (Phi) is 4.74. The molecule has 2 heteroatoms. The molecular weight excluding hydrogens is 244 g/mol. The molecule has 3 atom stereocenters. The highest BCUT2D eigenvalue weighted by Gasteiger charge is 2.36. The molecule has 2 aliphatic heterocycles. The molecule has 2 nitrogen and oxygen atoms in total. The molecule has 0 saturated carbocycles. The SMILES string of the molecule is CCN1CCCCC1C1NCCC1Cc1ccccc1. The maximum absolute atomic E-state index is 3.82. The first-order valence-corrected chi connectivity index (χ1v) is 8.40. The largest absolute Gasteiger partial charge is 0.312 e. The van der Waals surface area contributed by atoms with Crippen LogP contribution in [0.5, 0.6) is 0 Å². The van der Waals surface area contributed by atoms with E-state index in [0.29, 0.717) is 6.04 Å². The Balaban J connectivity index is 1.68. The van der Waals surface area contributed by atoms with Crippen LogP contribution in [0, 0.1) is 5.92 Å². The normalized spacial score (nSPS) is 31.6. The highest BCUT2D eigenvalue weighted by molar-refractivity contribution is 5.16. The van der Waals surface area contributed by atoms with Crippen molar-refractivity contribution in [2.24, 2.45) is 5.92 Å². The van der Waals surface area contributed by atoms with Gasteiger partial charge in [0.15, 0.2) is 0 Å². The Labute approximate surface area is 123 Å². The first-order valence-electron chi connectivity index (χ1n) is 8.40. The summed E-state index contributed by atoms with van der Waals surface area (Å²) in [5.41, 5.74) is 1.50. The van der Waals surface area contributed by atoms with Crippen LogP contribution in [0.15, 0.2) is 30.3 Å². The van der Waals surface area contributed by atoms with E-state index in [1.165, 1.54) is 57.3 Å². The summed E-state index contributed by atoms with van der Waals surface area (Å²) in [6, 6.07) is 12.5.